The maximum Gasteiger partial charge on any atom is 0.245 e. The molecule has 2 amide bonds. The number of imidazole rings is 1. The topological polar surface area (TPSA) is 67.2 Å². The number of nitrogens with one attached hydrogen (secondary N) is 1. The Kier molecular flexibility index (Phi) is 5.48. The van der Waals surface area contributed by atoms with Crippen LogP contribution in [0.25, 0.3) is 0 Å². The minimum Gasteiger partial charge on any atom is -0.342 e. The standard InChI is InChI=1S/C19H24N4O2/c1-15(23-12-9-20-14-23)18(24)21-17(13-16-7-3-2-4-8-16)19(25)22-10-5-6-11-22/h2-4,7-9,12,14-15,17H,5-6,10-11,13H2,1H3,(H,21,24). The third-order valence-electron chi connectivity index (χ3n) is 4.67. The van der Waals surface area contributed by atoms with Crippen molar-refractivity contribution < 1.29 is 9.59 Å². The van der Waals surface area contributed by atoms with Crippen molar-refractivity contribution >= 4 is 11.8 Å². The van der Waals surface area contributed by atoms with Crippen LogP contribution in [0.1, 0.15) is 31.4 Å². The molecule has 3 rings (SSSR count). The number of benzene rings is 1. The van der Waals surface area contributed by atoms with E-state index in [9.17, 15) is 9.59 Å². The molecule has 2 atom stereocenters. The van der Waals surface area contributed by atoms with E-state index in [1.165, 1.54) is 0 Å². The van der Waals surface area contributed by atoms with Crippen molar-refractivity contribution in [1.82, 2.24) is 19.8 Å². The summed E-state index contributed by atoms with van der Waals surface area (Å²) >= 11 is 0. The Hall–Kier alpha value is -2.63. The van der Waals surface area contributed by atoms with Crippen LogP contribution in [-0.2, 0) is 16.0 Å². The predicted octanol–water partition coefficient (Wildman–Crippen LogP) is 1.79. The third-order valence-corrected chi connectivity index (χ3v) is 4.67. The van der Waals surface area contributed by atoms with Crippen LogP contribution in [0.5, 0.6) is 0 Å². The zero-order valence-electron chi connectivity index (χ0n) is 14.5. The summed E-state index contributed by atoms with van der Waals surface area (Å²) in [6.07, 6.45) is 7.56. The molecule has 1 aliphatic heterocycles. The highest BCUT2D eigenvalue weighted by Crippen LogP contribution is 2.13. The Morgan fingerprint density at radius 3 is 2.56 bits per heavy atom. The molecule has 25 heavy (non-hydrogen) atoms. The molecule has 6 nitrogen and oxygen atoms in total. The normalized spacial score (nSPS) is 16.4. The third kappa shape index (κ3) is 4.26. The molecular weight excluding hydrogens is 316 g/mol. The quantitative estimate of drug-likeness (QED) is 0.872. The number of rotatable bonds is 6. The van der Waals surface area contributed by atoms with Gasteiger partial charge in [-0.3, -0.25) is 9.59 Å². The SMILES string of the molecule is CC(C(=O)NC(Cc1ccccc1)C(=O)N1CCCC1)n1ccnc1. The van der Waals surface area contributed by atoms with Crippen LogP contribution in [-0.4, -0.2) is 45.4 Å². The van der Waals surface area contributed by atoms with Crippen LogP contribution in [0.2, 0.25) is 0 Å². The van der Waals surface area contributed by atoms with Crippen molar-refractivity contribution in [3.8, 4) is 0 Å². The average molecular weight is 340 g/mol. The molecule has 2 aromatic rings. The molecule has 6 heteroatoms. The zero-order chi connectivity index (χ0) is 17.6. The van der Waals surface area contributed by atoms with Gasteiger partial charge in [0.25, 0.3) is 0 Å². The number of aromatic nitrogens is 2. The first kappa shape index (κ1) is 17.2. The van der Waals surface area contributed by atoms with Gasteiger partial charge >= 0.3 is 0 Å². The van der Waals surface area contributed by atoms with Crippen molar-refractivity contribution in [2.75, 3.05) is 13.1 Å². The van der Waals surface area contributed by atoms with Crippen LogP contribution in [0.3, 0.4) is 0 Å². The fourth-order valence-electron chi connectivity index (χ4n) is 3.13. The van der Waals surface area contributed by atoms with E-state index in [4.69, 9.17) is 0 Å². The lowest BCUT2D eigenvalue weighted by Gasteiger charge is -2.25. The molecule has 0 aliphatic carbocycles. The Morgan fingerprint density at radius 2 is 1.92 bits per heavy atom. The summed E-state index contributed by atoms with van der Waals surface area (Å²) in [6.45, 7) is 3.35. The molecule has 132 valence electrons. The molecule has 2 unspecified atom stereocenters. The van der Waals surface area contributed by atoms with E-state index in [2.05, 4.69) is 10.3 Å². The second-order valence-corrected chi connectivity index (χ2v) is 6.47. The van der Waals surface area contributed by atoms with Crippen LogP contribution >= 0.6 is 0 Å². The number of likely N-dealkylation sites (tertiary alicyclic amines) is 1. The monoisotopic (exact) mass is 340 g/mol. The van der Waals surface area contributed by atoms with Gasteiger partial charge in [0.1, 0.15) is 12.1 Å². The van der Waals surface area contributed by atoms with Crippen LogP contribution in [0.15, 0.2) is 49.1 Å². The molecule has 1 aliphatic rings. The van der Waals surface area contributed by atoms with Gasteiger partial charge in [-0.2, -0.15) is 0 Å². The Balaban J connectivity index is 1.73. The van der Waals surface area contributed by atoms with E-state index in [0.29, 0.717) is 6.42 Å². The van der Waals surface area contributed by atoms with Crippen molar-refractivity contribution in [2.24, 2.45) is 0 Å². The molecule has 1 fully saturated rings. The molecule has 1 aromatic heterocycles. The second kappa shape index (κ2) is 7.96. The van der Waals surface area contributed by atoms with Gasteiger partial charge in [-0.1, -0.05) is 30.3 Å². The maximum atomic E-state index is 12.9. The van der Waals surface area contributed by atoms with Crippen LogP contribution < -0.4 is 5.32 Å². The summed E-state index contributed by atoms with van der Waals surface area (Å²) in [6, 6.07) is 8.85. The lowest BCUT2D eigenvalue weighted by Crippen LogP contribution is -2.50. The Morgan fingerprint density at radius 1 is 1.20 bits per heavy atom. The zero-order valence-corrected chi connectivity index (χ0v) is 14.5. The molecule has 2 heterocycles. The first-order chi connectivity index (χ1) is 12.1. The fourth-order valence-corrected chi connectivity index (χ4v) is 3.13. The van der Waals surface area contributed by atoms with Gasteiger partial charge in [-0.05, 0) is 25.3 Å². The first-order valence-corrected chi connectivity index (χ1v) is 8.75. The summed E-state index contributed by atoms with van der Waals surface area (Å²) in [5.74, 6) is -0.168. The molecule has 0 saturated carbocycles. The van der Waals surface area contributed by atoms with Crippen molar-refractivity contribution in [2.45, 2.75) is 38.3 Å². The molecule has 0 radical (unpaired) electrons. The highest BCUT2D eigenvalue weighted by molar-refractivity contribution is 5.89. The largest absolute Gasteiger partial charge is 0.342 e. The molecule has 0 bridgehead atoms. The van der Waals surface area contributed by atoms with E-state index in [0.717, 1.165) is 31.5 Å². The molecular formula is C19H24N4O2. The Labute approximate surface area is 147 Å². The van der Waals surface area contributed by atoms with Crippen LogP contribution in [0.4, 0.5) is 0 Å². The number of nitrogens with zero attached hydrogens (tertiary/aromatic N) is 3. The lowest BCUT2D eigenvalue weighted by molar-refractivity contribution is -0.136. The minimum absolute atomic E-state index is 0.00698. The maximum absolute atomic E-state index is 12.9. The highest BCUT2D eigenvalue weighted by atomic mass is 16.2. The number of amides is 2. The fraction of sp³-hybridized carbons (Fsp3) is 0.421. The van der Waals surface area contributed by atoms with E-state index >= 15 is 0 Å². The number of carbonyl (C=O) groups is 2. The van der Waals surface area contributed by atoms with E-state index < -0.39 is 12.1 Å². The molecule has 0 spiro atoms. The van der Waals surface area contributed by atoms with E-state index in [1.54, 1.807) is 30.2 Å². The van der Waals surface area contributed by atoms with Gasteiger partial charge in [0.15, 0.2) is 0 Å². The Bertz CT molecular complexity index is 693. The molecule has 1 aromatic carbocycles. The van der Waals surface area contributed by atoms with E-state index in [-0.39, 0.29) is 11.8 Å². The predicted molar refractivity (Wildman–Crippen MR) is 94.8 cm³/mol. The van der Waals surface area contributed by atoms with E-state index in [1.807, 2.05) is 35.2 Å². The summed E-state index contributed by atoms with van der Waals surface area (Å²) in [7, 11) is 0. The summed E-state index contributed by atoms with van der Waals surface area (Å²) in [5, 5.41) is 2.95. The van der Waals surface area contributed by atoms with Gasteiger partial charge in [-0.25, -0.2) is 4.98 Å². The van der Waals surface area contributed by atoms with Crippen LogP contribution in [0, 0.1) is 0 Å². The summed E-state index contributed by atoms with van der Waals surface area (Å²) in [4.78, 5) is 31.4. The summed E-state index contributed by atoms with van der Waals surface area (Å²) < 4.78 is 1.73. The summed E-state index contributed by atoms with van der Waals surface area (Å²) in [5.41, 5.74) is 1.04. The van der Waals surface area contributed by atoms with Gasteiger partial charge in [0, 0.05) is 31.9 Å². The van der Waals surface area contributed by atoms with Gasteiger partial charge in [-0.15, -0.1) is 0 Å². The minimum atomic E-state index is -0.543. The molecule has 1 saturated heterocycles. The van der Waals surface area contributed by atoms with Gasteiger partial charge in [0.05, 0.1) is 6.33 Å². The van der Waals surface area contributed by atoms with Crippen molar-refractivity contribution in [1.29, 1.82) is 0 Å². The highest BCUT2D eigenvalue weighted by Gasteiger charge is 2.29. The van der Waals surface area contributed by atoms with Crippen molar-refractivity contribution in [3.63, 3.8) is 0 Å². The number of hydrogen-bond acceptors (Lipinski definition) is 3. The smallest absolute Gasteiger partial charge is 0.245 e. The van der Waals surface area contributed by atoms with Gasteiger partial charge < -0.3 is 14.8 Å². The first-order valence-electron chi connectivity index (χ1n) is 8.75. The van der Waals surface area contributed by atoms with Gasteiger partial charge in [0.2, 0.25) is 11.8 Å². The van der Waals surface area contributed by atoms with Crippen molar-refractivity contribution in [3.05, 3.63) is 54.6 Å². The number of hydrogen-bond donors (Lipinski definition) is 1. The average Bonchev–Trinajstić information content (AvgIpc) is 3.34. The second-order valence-electron chi connectivity index (χ2n) is 6.47. The molecule has 1 N–H and O–H groups in total. The number of carbonyl (C=O) groups excluding carboxylic acids is 2. The lowest BCUT2D eigenvalue weighted by atomic mass is 10.0.